The molecule has 0 unspecified atom stereocenters. The highest BCUT2D eigenvalue weighted by Crippen LogP contribution is 2.15. The third kappa shape index (κ3) is 3.72. The van der Waals surface area contributed by atoms with E-state index in [0.29, 0.717) is 12.0 Å². The molecule has 3 nitrogen and oxygen atoms in total. The zero-order valence-corrected chi connectivity index (χ0v) is 9.41. The Hall–Kier alpha value is -1.35. The Labute approximate surface area is 90.2 Å². The Morgan fingerprint density at radius 2 is 1.87 bits per heavy atom. The summed E-state index contributed by atoms with van der Waals surface area (Å²) in [5.41, 5.74) is 6.00. The number of nitrogens with two attached hydrogens (primary N) is 1. The van der Waals surface area contributed by atoms with Crippen molar-refractivity contribution in [2.45, 2.75) is 25.8 Å². The predicted octanol–water partition coefficient (Wildman–Crippen LogP) is 2.01. The average Bonchev–Trinajstić information content (AvgIpc) is 2.15. The van der Waals surface area contributed by atoms with Crippen LogP contribution in [0.25, 0.3) is 0 Å². The summed E-state index contributed by atoms with van der Waals surface area (Å²) in [5.74, 6) is 0.809. The summed E-state index contributed by atoms with van der Waals surface area (Å²) in [6, 6.07) is 7.06. The number of methoxy groups -OCH3 is 1. The van der Waals surface area contributed by atoms with E-state index in [1.165, 1.54) is 0 Å². The highest BCUT2D eigenvalue weighted by molar-refractivity contribution is 5.96. The van der Waals surface area contributed by atoms with Crippen LogP contribution in [0.2, 0.25) is 0 Å². The van der Waals surface area contributed by atoms with E-state index in [4.69, 9.17) is 10.5 Å². The molecule has 0 heterocycles. The Bertz CT molecular complexity index is 336. The van der Waals surface area contributed by atoms with Crippen molar-refractivity contribution in [3.05, 3.63) is 29.8 Å². The van der Waals surface area contributed by atoms with Crippen LogP contribution in [-0.2, 0) is 0 Å². The summed E-state index contributed by atoms with van der Waals surface area (Å²) in [7, 11) is 1.60. The van der Waals surface area contributed by atoms with Gasteiger partial charge in [-0.15, -0.1) is 0 Å². The minimum Gasteiger partial charge on any atom is -0.497 e. The van der Waals surface area contributed by atoms with Crippen LogP contribution in [-0.4, -0.2) is 18.4 Å². The van der Waals surface area contributed by atoms with Crippen molar-refractivity contribution >= 4 is 5.78 Å². The Balaban J connectivity index is 2.75. The molecule has 0 aliphatic rings. The van der Waals surface area contributed by atoms with Crippen LogP contribution in [0, 0.1) is 0 Å². The average molecular weight is 207 g/mol. The van der Waals surface area contributed by atoms with Gasteiger partial charge in [-0.1, -0.05) is 0 Å². The maximum Gasteiger partial charge on any atom is 0.164 e. The first-order valence-corrected chi connectivity index (χ1v) is 4.88. The molecular formula is C12H17NO2. The molecule has 0 radical (unpaired) electrons. The fourth-order valence-corrected chi connectivity index (χ4v) is 1.29. The number of hydrogen-bond donors (Lipinski definition) is 1. The van der Waals surface area contributed by atoms with Gasteiger partial charge in [-0.25, -0.2) is 0 Å². The van der Waals surface area contributed by atoms with Gasteiger partial charge in [0.05, 0.1) is 7.11 Å². The van der Waals surface area contributed by atoms with E-state index in [1.54, 1.807) is 31.4 Å². The standard InChI is InChI=1S/C12H17NO2/c1-12(2,13)8-11(14)9-4-6-10(15-3)7-5-9/h4-7H,8,13H2,1-3H3. The van der Waals surface area contributed by atoms with Crippen molar-refractivity contribution in [1.29, 1.82) is 0 Å². The van der Waals surface area contributed by atoms with E-state index in [9.17, 15) is 4.79 Å². The normalized spacial score (nSPS) is 11.2. The molecule has 0 saturated heterocycles. The van der Waals surface area contributed by atoms with Gasteiger partial charge in [0.1, 0.15) is 5.75 Å². The number of carbonyl (C=O) groups excluding carboxylic acids is 1. The molecule has 3 heteroatoms. The molecule has 15 heavy (non-hydrogen) atoms. The van der Waals surface area contributed by atoms with Gasteiger partial charge < -0.3 is 10.5 Å². The molecule has 2 N–H and O–H groups in total. The fraction of sp³-hybridized carbons (Fsp3) is 0.417. The van der Waals surface area contributed by atoms with Gasteiger partial charge in [0.2, 0.25) is 0 Å². The fourth-order valence-electron chi connectivity index (χ4n) is 1.29. The zero-order chi connectivity index (χ0) is 11.5. The van der Waals surface area contributed by atoms with Crippen molar-refractivity contribution in [1.82, 2.24) is 0 Å². The number of rotatable bonds is 4. The molecule has 82 valence electrons. The second kappa shape index (κ2) is 4.45. The van der Waals surface area contributed by atoms with Gasteiger partial charge in [0.15, 0.2) is 5.78 Å². The van der Waals surface area contributed by atoms with E-state index < -0.39 is 5.54 Å². The molecule has 0 saturated carbocycles. The first-order valence-electron chi connectivity index (χ1n) is 4.88. The Kier molecular flexibility index (Phi) is 3.48. The molecule has 0 aliphatic carbocycles. The number of benzene rings is 1. The monoisotopic (exact) mass is 207 g/mol. The van der Waals surface area contributed by atoms with Gasteiger partial charge in [-0.05, 0) is 38.1 Å². The van der Waals surface area contributed by atoms with Crippen LogP contribution in [0.4, 0.5) is 0 Å². The minimum absolute atomic E-state index is 0.0603. The van der Waals surface area contributed by atoms with Gasteiger partial charge in [-0.3, -0.25) is 4.79 Å². The molecule has 0 aromatic heterocycles. The number of ketones is 1. The summed E-state index contributed by atoms with van der Waals surface area (Å²) in [6.07, 6.45) is 0.347. The molecule has 1 aromatic carbocycles. The largest absolute Gasteiger partial charge is 0.497 e. The second-order valence-electron chi connectivity index (χ2n) is 4.32. The number of hydrogen-bond acceptors (Lipinski definition) is 3. The third-order valence-corrected chi connectivity index (χ3v) is 2.03. The predicted molar refractivity (Wildman–Crippen MR) is 60.2 cm³/mol. The number of Topliss-reactive ketones (excluding diaryl/α,β-unsaturated/α-hetero) is 1. The maximum absolute atomic E-state index is 11.7. The van der Waals surface area contributed by atoms with Crippen LogP contribution >= 0.6 is 0 Å². The molecule has 0 atom stereocenters. The van der Waals surface area contributed by atoms with E-state index in [2.05, 4.69) is 0 Å². The molecule has 0 fully saturated rings. The topological polar surface area (TPSA) is 52.3 Å². The van der Waals surface area contributed by atoms with E-state index in [0.717, 1.165) is 5.75 Å². The van der Waals surface area contributed by atoms with Crippen molar-refractivity contribution < 1.29 is 9.53 Å². The molecule has 0 amide bonds. The van der Waals surface area contributed by atoms with Crippen LogP contribution in [0.3, 0.4) is 0 Å². The SMILES string of the molecule is COc1ccc(C(=O)CC(C)(C)N)cc1. The van der Waals surface area contributed by atoms with Crippen LogP contribution in [0.15, 0.2) is 24.3 Å². The van der Waals surface area contributed by atoms with Crippen LogP contribution in [0.1, 0.15) is 30.6 Å². The smallest absolute Gasteiger partial charge is 0.164 e. The van der Waals surface area contributed by atoms with Crippen molar-refractivity contribution in [3.8, 4) is 5.75 Å². The lowest BCUT2D eigenvalue weighted by Gasteiger charge is -2.16. The molecule has 1 aromatic rings. The van der Waals surface area contributed by atoms with Crippen LogP contribution < -0.4 is 10.5 Å². The van der Waals surface area contributed by atoms with Gasteiger partial charge in [0, 0.05) is 17.5 Å². The summed E-state index contributed by atoms with van der Waals surface area (Å²) in [4.78, 5) is 11.7. The van der Waals surface area contributed by atoms with Crippen molar-refractivity contribution in [2.75, 3.05) is 7.11 Å². The van der Waals surface area contributed by atoms with Gasteiger partial charge in [0.25, 0.3) is 0 Å². The summed E-state index contributed by atoms with van der Waals surface area (Å²) >= 11 is 0. The molecular weight excluding hydrogens is 190 g/mol. The Morgan fingerprint density at radius 3 is 2.27 bits per heavy atom. The van der Waals surface area contributed by atoms with E-state index in [-0.39, 0.29) is 5.78 Å². The maximum atomic E-state index is 11.7. The Morgan fingerprint density at radius 1 is 1.33 bits per heavy atom. The lowest BCUT2D eigenvalue weighted by atomic mass is 9.95. The molecule has 0 aliphatic heterocycles. The van der Waals surface area contributed by atoms with Crippen molar-refractivity contribution in [2.24, 2.45) is 5.73 Å². The lowest BCUT2D eigenvalue weighted by molar-refractivity contribution is 0.0960. The van der Waals surface area contributed by atoms with Crippen LogP contribution in [0.5, 0.6) is 5.75 Å². The number of carbonyl (C=O) groups is 1. The van der Waals surface area contributed by atoms with Crippen molar-refractivity contribution in [3.63, 3.8) is 0 Å². The minimum atomic E-state index is -0.461. The summed E-state index contributed by atoms with van der Waals surface area (Å²) in [5, 5.41) is 0. The van der Waals surface area contributed by atoms with E-state index >= 15 is 0 Å². The molecule has 1 rings (SSSR count). The van der Waals surface area contributed by atoms with Gasteiger partial charge >= 0.3 is 0 Å². The third-order valence-electron chi connectivity index (χ3n) is 2.03. The highest BCUT2D eigenvalue weighted by Gasteiger charge is 2.17. The van der Waals surface area contributed by atoms with Gasteiger partial charge in [-0.2, -0.15) is 0 Å². The summed E-state index contributed by atoms with van der Waals surface area (Å²) in [6.45, 7) is 3.68. The molecule has 0 spiro atoms. The first kappa shape index (κ1) is 11.7. The number of ether oxygens (including phenoxy) is 1. The second-order valence-corrected chi connectivity index (χ2v) is 4.32. The first-order chi connectivity index (χ1) is 6.92. The molecule has 0 bridgehead atoms. The zero-order valence-electron chi connectivity index (χ0n) is 9.41. The summed E-state index contributed by atoms with van der Waals surface area (Å²) < 4.78 is 5.01. The quantitative estimate of drug-likeness (QED) is 0.768. The van der Waals surface area contributed by atoms with E-state index in [1.807, 2.05) is 13.8 Å². The highest BCUT2D eigenvalue weighted by atomic mass is 16.5. The lowest BCUT2D eigenvalue weighted by Crippen LogP contribution is -2.34.